The number of benzene rings is 3. The minimum absolute atomic E-state index is 0.0127. The van der Waals surface area contributed by atoms with Crippen molar-refractivity contribution in [2.24, 2.45) is 0 Å². The van der Waals surface area contributed by atoms with Gasteiger partial charge in [-0.25, -0.2) is 0 Å². The van der Waals surface area contributed by atoms with E-state index in [0.29, 0.717) is 11.1 Å². The van der Waals surface area contributed by atoms with Crippen LogP contribution >= 0.6 is 0 Å². The van der Waals surface area contributed by atoms with Gasteiger partial charge in [-0.1, -0.05) is 75.4 Å². The number of amides is 2. The number of carbonyl (C=O) groups is 2. The summed E-state index contributed by atoms with van der Waals surface area (Å²) >= 11 is 0. The van der Waals surface area contributed by atoms with Crippen molar-refractivity contribution >= 4 is 23.6 Å². The van der Waals surface area contributed by atoms with Gasteiger partial charge in [0.15, 0.2) is 0 Å². The molecule has 0 radical (unpaired) electrons. The van der Waals surface area contributed by atoms with E-state index in [9.17, 15) is 19.7 Å². The summed E-state index contributed by atoms with van der Waals surface area (Å²) in [5.41, 5.74) is 2.62. The topological polar surface area (TPSA) is 101 Å². The van der Waals surface area contributed by atoms with Crippen LogP contribution in [-0.4, -0.2) is 16.7 Å². The van der Waals surface area contributed by atoms with Crippen molar-refractivity contribution in [1.29, 1.82) is 0 Å². The zero-order valence-electron chi connectivity index (χ0n) is 19.4. The Bertz CT molecular complexity index is 1210. The number of rotatable bonds is 7. The zero-order chi connectivity index (χ0) is 24.7. The van der Waals surface area contributed by atoms with E-state index in [4.69, 9.17) is 0 Å². The van der Waals surface area contributed by atoms with Gasteiger partial charge in [0.25, 0.3) is 17.5 Å². The second-order valence-corrected chi connectivity index (χ2v) is 8.86. The molecule has 0 heterocycles. The van der Waals surface area contributed by atoms with Gasteiger partial charge in [-0.3, -0.25) is 19.7 Å². The Morgan fingerprint density at radius 1 is 0.941 bits per heavy atom. The Hall–Kier alpha value is -4.26. The van der Waals surface area contributed by atoms with Gasteiger partial charge in [0.2, 0.25) is 0 Å². The molecule has 7 nitrogen and oxygen atoms in total. The normalized spacial score (nSPS) is 11.6. The van der Waals surface area contributed by atoms with E-state index in [1.165, 1.54) is 24.3 Å². The van der Waals surface area contributed by atoms with Gasteiger partial charge in [0, 0.05) is 24.2 Å². The number of hydrogen-bond donors (Lipinski definition) is 2. The molecule has 2 amide bonds. The van der Waals surface area contributed by atoms with E-state index in [1.807, 2.05) is 42.5 Å². The maximum absolute atomic E-state index is 13.0. The molecule has 0 aliphatic rings. The van der Waals surface area contributed by atoms with E-state index in [2.05, 4.69) is 31.4 Å². The van der Waals surface area contributed by atoms with Crippen molar-refractivity contribution in [1.82, 2.24) is 10.6 Å². The van der Waals surface area contributed by atoms with E-state index in [0.717, 1.165) is 11.1 Å². The summed E-state index contributed by atoms with van der Waals surface area (Å²) < 4.78 is 0. The van der Waals surface area contributed by atoms with E-state index < -0.39 is 16.7 Å². The molecule has 0 bridgehead atoms. The third-order valence-electron chi connectivity index (χ3n) is 5.19. The Morgan fingerprint density at radius 2 is 1.62 bits per heavy atom. The van der Waals surface area contributed by atoms with E-state index in [1.54, 1.807) is 18.2 Å². The smallest absolute Gasteiger partial charge is 0.270 e. The predicted octanol–water partition coefficient (Wildman–Crippen LogP) is 4.98. The standard InChI is InChI=1S/C27H27N3O4/c1-27(2,3)22-14-12-21(13-15-22)25(31)29-24(17-20-10-7-11-23(16-20)30(33)34)26(32)28-18-19-8-5-4-6-9-19/h4-17H,18H2,1-3H3,(H,28,32)(H,29,31)/b24-17+. The largest absolute Gasteiger partial charge is 0.347 e. The first-order valence-corrected chi connectivity index (χ1v) is 10.8. The van der Waals surface area contributed by atoms with Crippen LogP contribution in [0.4, 0.5) is 5.69 Å². The molecule has 0 saturated carbocycles. The molecule has 7 heteroatoms. The van der Waals surface area contributed by atoms with Gasteiger partial charge in [-0.05, 0) is 40.3 Å². The molecular formula is C27H27N3O4. The van der Waals surface area contributed by atoms with Crippen LogP contribution in [0.5, 0.6) is 0 Å². The van der Waals surface area contributed by atoms with Crippen molar-refractivity contribution < 1.29 is 14.5 Å². The minimum atomic E-state index is -0.512. The van der Waals surface area contributed by atoms with Crippen LogP contribution in [0, 0.1) is 10.1 Å². The molecule has 0 aromatic heterocycles. The Balaban J connectivity index is 1.86. The molecule has 34 heavy (non-hydrogen) atoms. The molecule has 0 spiro atoms. The molecule has 3 rings (SSSR count). The van der Waals surface area contributed by atoms with Gasteiger partial charge >= 0.3 is 0 Å². The molecule has 0 aliphatic carbocycles. The summed E-state index contributed by atoms with van der Waals surface area (Å²) in [6, 6.07) is 22.4. The van der Waals surface area contributed by atoms with Crippen molar-refractivity contribution in [3.8, 4) is 0 Å². The lowest BCUT2D eigenvalue weighted by Crippen LogP contribution is -2.34. The summed E-state index contributed by atoms with van der Waals surface area (Å²) in [5, 5.41) is 16.6. The average molecular weight is 458 g/mol. The molecular weight excluding hydrogens is 430 g/mol. The third kappa shape index (κ3) is 6.62. The first-order valence-electron chi connectivity index (χ1n) is 10.8. The SMILES string of the molecule is CC(C)(C)c1ccc(C(=O)N/C(=C/c2cccc([N+](=O)[O-])c2)C(=O)NCc2ccccc2)cc1. The van der Waals surface area contributed by atoms with Crippen molar-refractivity contribution in [2.45, 2.75) is 32.7 Å². The summed E-state index contributed by atoms with van der Waals surface area (Å²) in [6.07, 6.45) is 1.43. The highest BCUT2D eigenvalue weighted by molar-refractivity contribution is 6.05. The van der Waals surface area contributed by atoms with E-state index in [-0.39, 0.29) is 23.3 Å². The molecule has 0 aliphatic heterocycles. The summed E-state index contributed by atoms with van der Waals surface area (Å²) in [4.78, 5) is 36.5. The van der Waals surface area contributed by atoms with Gasteiger partial charge in [0.05, 0.1) is 4.92 Å². The molecule has 3 aromatic rings. The maximum atomic E-state index is 13.0. The highest BCUT2D eigenvalue weighted by Crippen LogP contribution is 2.22. The Morgan fingerprint density at radius 3 is 2.24 bits per heavy atom. The minimum Gasteiger partial charge on any atom is -0.347 e. The molecule has 3 aromatic carbocycles. The number of nitrogens with one attached hydrogen (secondary N) is 2. The first-order chi connectivity index (χ1) is 16.1. The fourth-order valence-electron chi connectivity index (χ4n) is 3.24. The highest BCUT2D eigenvalue weighted by Gasteiger charge is 2.17. The van der Waals surface area contributed by atoms with Crippen LogP contribution in [0.25, 0.3) is 6.08 Å². The van der Waals surface area contributed by atoms with Crippen molar-refractivity contribution in [3.63, 3.8) is 0 Å². The monoisotopic (exact) mass is 457 g/mol. The summed E-state index contributed by atoms with van der Waals surface area (Å²) in [5.74, 6) is -0.956. The second-order valence-electron chi connectivity index (χ2n) is 8.86. The molecule has 174 valence electrons. The van der Waals surface area contributed by atoms with Crippen molar-refractivity contribution in [3.05, 3.63) is 117 Å². The fraction of sp³-hybridized carbons (Fsp3) is 0.185. The zero-order valence-corrected chi connectivity index (χ0v) is 19.4. The first kappa shape index (κ1) is 24.4. The Kier molecular flexibility index (Phi) is 7.58. The summed E-state index contributed by atoms with van der Waals surface area (Å²) in [6.45, 7) is 6.51. The number of nitrogens with zero attached hydrogens (tertiary/aromatic N) is 1. The van der Waals surface area contributed by atoms with Crippen LogP contribution in [0.2, 0.25) is 0 Å². The molecule has 0 saturated heterocycles. The molecule has 2 N–H and O–H groups in total. The van der Waals surface area contributed by atoms with Gasteiger partial charge in [0.1, 0.15) is 5.70 Å². The van der Waals surface area contributed by atoms with Crippen LogP contribution in [0.15, 0.2) is 84.6 Å². The van der Waals surface area contributed by atoms with Gasteiger partial charge in [-0.2, -0.15) is 0 Å². The van der Waals surface area contributed by atoms with Crippen molar-refractivity contribution in [2.75, 3.05) is 0 Å². The van der Waals surface area contributed by atoms with Gasteiger partial charge < -0.3 is 10.6 Å². The number of nitro groups is 1. The number of carbonyl (C=O) groups excluding carboxylic acids is 2. The predicted molar refractivity (Wildman–Crippen MR) is 132 cm³/mol. The Labute approximate surface area is 198 Å². The van der Waals surface area contributed by atoms with Crippen LogP contribution in [-0.2, 0) is 16.8 Å². The van der Waals surface area contributed by atoms with Crippen LogP contribution < -0.4 is 10.6 Å². The lowest BCUT2D eigenvalue weighted by atomic mass is 9.87. The van der Waals surface area contributed by atoms with Crippen LogP contribution in [0.3, 0.4) is 0 Å². The lowest BCUT2D eigenvalue weighted by molar-refractivity contribution is -0.384. The molecule has 0 fully saturated rings. The molecule has 0 atom stereocenters. The highest BCUT2D eigenvalue weighted by atomic mass is 16.6. The fourth-order valence-corrected chi connectivity index (χ4v) is 3.24. The average Bonchev–Trinajstić information content (AvgIpc) is 2.82. The summed E-state index contributed by atoms with van der Waals surface area (Å²) in [7, 11) is 0. The quantitative estimate of drug-likeness (QED) is 0.297. The number of nitro benzene ring substituents is 1. The second kappa shape index (κ2) is 10.6. The maximum Gasteiger partial charge on any atom is 0.270 e. The van der Waals surface area contributed by atoms with Crippen LogP contribution in [0.1, 0.15) is 47.8 Å². The molecule has 0 unspecified atom stereocenters. The number of hydrogen-bond acceptors (Lipinski definition) is 4. The van der Waals surface area contributed by atoms with Gasteiger partial charge in [-0.15, -0.1) is 0 Å². The third-order valence-corrected chi connectivity index (χ3v) is 5.19. The number of non-ortho nitro benzene ring substituents is 1. The lowest BCUT2D eigenvalue weighted by Gasteiger charge is -2.19. The van der Waals surface area contributed by atoms with E-state index >= 15 is 0 Å².